The summed E-state index contributed by atoms with van der Waals surface area (Å²) >= 11 is 6.03. The molecule has 0 unspecified atom stereocenters. The van der Waals surface area contributed by atoms with E-state index in [-0.39, 0.29) is 11.4 Å². The Morgan fingerprint density at radius 1 is 1.67 bits per heavy atom. The Kier molecular flexibility index (Phi) is 4.43. The van der Waals surface area contributed by atoms with Crippen molar-refractivity contribution in [3.05, 3.63) is 0 Å². The minimum absolute atomic E-state index is 0.112. The van der Waals surface area contributed by atoms with Gasteiger partial charge in [-0.3, -0.25) is 4.79 Å². The van der Waals surface area contributed by atoms with Gasteiger partial charge in [-0.2, -0.15) is 0 Å². The van der Waals surface area contributed by atoms with Gasteiger partial charge in [0.15, 0.2) is 0 Å². The highest BCUT2D eigenvalue weighted by atomic mass is 79.9. The number of alkyl halides is 2. The number of carbonyl (C=O) groups is 1. The molecule has 1 amide bonds. The molecule has 0 spiro atoms. The molecule has 0 radical (unpaired) electrons. The molecule has 0 aromatic rings. The highest BCUT2D eigenvalue weighted by Crippen LogP contribution is 2.12. The number of hydrogen-bond donors (Lipinski definition) is 2. The lowest BCUT2D eigenvalue weighted by Gasteiger charge is -2.08. The number of aliphatic hydroxyl groups is 1. The zero-order chi connectivity index (χ0) is 7.44. The van der Waals surface area contributed by atoms with Gasteiger partial charge in [-0.1, -0.05) is 31.9 Å². The van der Waals surface area contributed by atoms with Crippen molar-refractivity contribution < 1.29 is 9.90 Å². The van der Waals surface area contributed by atoms with Gasteiger partial charge in [0.25, 0.3) is 0 Å². The van der Waals surface area contributed by atoms with Crippen molar-refractivity contribution in [1.82, 2.24) is 0 Å². The molecule has 54 valence electrons. The number of hydrogen-bond acceptors (Lipinski definition) is 2. The van der Waals surface area contributed by atoms with E-state index in [2.05, 4.69) is 31.9 Å². The molecule has 9 heavy (non-hydrogen) atoms. The summed E-state index contributed by atoms with van der Waals surface area (Å²) in [5.41, 5.74) is 4.89. The van der Waals surface area contributed by atoms with Gasteiger partial charge in [0, 0.05) is 0 Å². The van der Waals surface area contributed by atoms with Crippen molar-refractivity contribution in [2.45, 2.75) is 9.65 Å². The number of aliphatic hydroxyl groups excluding tert-OH is 1. The van der Waals surface area contributed by atoms with Gasteiger partial charge in [-0.25, -0.2) is 0 Å². The summed E-state index contributed by atoms with van der Waals surface area (Å²) in [4.78, 5) is 9.54. The lowest BCUT2D eigenvalue weighted by molar-refractivity contribution is -0.117. The fourth-order valence-corrected chi connectivity index (χ4v) is 0.698. The first-order chi connectivity index (χ1) is 4.09. The van der Waals surface area contributed by atoms with E-state index in [4.69, 9.17) is 10.8 Å². The standard InChI is InChI=1S/C4H7Br2NO2/c5-2(1-8)3(6)4(7)9/h2-3,8H,1H2,(H2,7,9)/t2-,3-/m1/s1. The summed E-state index contributed by atoms with van der Waals surface area (Å²) in [5, 5.41) is 8.47. The van der Waals surface area contributed by atoms with Crippen LogP contribution in [0.2, 0.25) is 0 Å². The predicted molar refractivity (Wildman–Crippen MR) is 41.7 cm³/mol. The van der Waals surface area contributed by atoms with Crippen molar-refractivity contribution in [2.24, 2.45) is 5.73 Å². The number of amides is 1. The molecule has 0 aromatic heterocycles. The quantitative estimate of drug-likeness (QED) is 0.702. The van der Waals surface area contributed by atoms with Gasteiger partial charge >= 0.3 is 0 Å². The summed E-state index contributed by atoms with van der Waals surface area (Å²) in [5.74, 6) is -0.481. The summed E-state index contributed by atoms with van der Waals surface area (Å²) in [6.07, 6.45) is 0. The van der Waals surface area contributed by atoms with E-state index < -0.39 is 10.7 Å². The van der Waals surface area contributed by atoms with Gasteiger partial charge < -0.3 is 10.8 Å². The largest absolute Gasteiger partial charge is 0.395 e. The number of halogens is 2. The smallest absolute Gasteiger partial charge is 0.232 e. The number of rotatable bonds is 3. The second kappa shape index (κ2) is 4.24. The highest BCUT2D eigenvalue weighted by molar-refractivity contribution is 9.12. The first-order valence-corrected chi connectivity index (χ1v) is 4.11. The minimum Gasteiger partial charge on any atom is -0.395 e. The third-order valence-corrected chi connectivity index (χ3v) is 3.38. The maximum Gasteiger partial charge on any atom is 0.232 e. The van der Waals surface area contributed by atoms with Crippen molar-refractivity contribution in [3.8, 4) is 0 Å². The average Bonchev–Trinajstić information content (AvgIpc) is 1.84. The maximum absolute atomic E-state index is 10.3. The number of nitrogens with two attached hydrogens (primary N) is 1. The number of carbonyl (C=O) groups excluding carboxylic acids is 1. The first-order valence-electron chi connectivity index (χ1n) is 2.28. The lowest BCUT2D eigenvalue weighted by Crippen LogP contribution is -2.32. The Bertz CT molecular complexity index is 109. The minimum atomic E-state index is -0.498. The first kappa shape index (κ1) is 9.39. The summed E-state index contributed by atoms with van der Waals surface area (Å²) in [7, 11) is 0. The lowest BCUT2D eigenvalue weighted by atomic mass is 10.3. The molecule has 5 heteroatoms. The van der Waals surface area contributed by atoms with E-state index in [0.717, 1.165) is 0 Å². The molecule has 0 saturated heterocycles. The molecular weight excluding hydrogens is 254 g/mol. The predicted octanol–water partition coefficient (Wildman–Crippen LogP) is -0.00900. The molecule has 0 bridgehead atoms. The van der Waals surface area contributed by atoms with Crippen LogP contribution in [0.4, 0.5) is 0 Å². The number of primary amides is 1. The van der Waals surface area contributed by atoms with E-state index in [1.54, 1.807) is 0 Å². The maximum atomic E-state index is 10.3. The summed E-state index contributed by atoms with van der Waals surface area (Å²) < 4.78 is 0. The van der Waals surface area contributed by atoms with Crippen LogP contribution in [0.25, 0.3) is 0 Å². The Morgan fingerprint density at radius 3 is 2.22 bits per heavy atom. The average molecular weight is 261 g/mol. The van der Waals surface area contributed by atoms with Crippen LogP contribution in [0.1, 0.15) is 0 Å². The van der Waals surface area contributed by atoms with Crippen molar-refractivity contribution in [1.29, 1.82) is 0 Å². The SMILES string of the molecule is NC(=O)[C@H](Br)[C@H](Br)CO. The molecule has 0 aliphatic rings. The van der Waals surface area contributed by atoms with Crippen LogP contribution in [-0.4, -0.2) is 27.3 Å². The zero-order valence-corrected chi connectivity index (χ0v) is 7.72. The Labute approximate surface area is 69.9 Å². The van der Waals surface area contributed by atoms with Gasteiger partial charge in [0.1, 0.15) is 4.83 Å². The molecule has 0 fully saturated rings. The van der Waals surface area contributed by atoms with Crippen LogP contribution in [0.3, 0.4) is 0 Å². The Morgan fingerprint density at radius 2 is 2.11 bits per heavy atom. The molecule has 3 N–H and O–H groups in total. The highest BCUT2D eigenvalue weighted by Gasteiger charge is 2.19. The van der Waals surface area contributed by atoms with Gasteiger partial charge in [-0.15, -0.1) is 0 Å². The van der Waals surface area contributed by atoms with E-state index in [1.807, 2.05) is 0 Å². The molecule has 3 nitrogen and oxygen atoms in total. The second-order valence-corrected chi connectivity index (χ2v) is 3.67. The summed E-state index contributed by atoms with van der Waals surface area (Å²) in [6, 6.07) is 0. The third kappa shape index (κ3) is 3.17. The molecule has 0 aromatic carbocycles. The molecule has 0 rings (SSSR count). The monoisotopic (exact) mass is 259 g/mol. The van der Waals surface area contributed by atoms with E-state index in [1.165, 1.54) is 0 Å². The second-order valence-electron chi connectivity index (χ2n) is 1.50. The van der Waals surface area contributed by atoms with Crippen molar-refractivity contribution in [3.63, 3.8) is 0 Å². The van der Waals surface area contributed by atoms with Crippen LogP contribution in [-0.2, 0) is 4.79 Å². The summed E-state index contributed by atoms with van der Waals surface area (Å²) in [6.45, 7) is -0.112. The molecular formula is C4H7Br2NO2. The van der Waals surface area contributed by atoms with Crippen LogP contribution < -0.4 is 5.73 Å². The van der Waals surface area contributed by atoms with E-state index in [9.17, 15) is 4.79 Å². The molecule has 0 aliphatic heterocycles. The Balaban J connectivity index is 3.72. The van der Waals surface area contributed by atoms with Crippen LogP contribution in [0.15, 0.2) is 0 Å². The van der Waals surface area contributed by atoms with E-state index >= 15 is 0 Å². The molecule has 2 atom stereocenters. The third-order valence-electron chi connectivity index (χ3n) is 0.764. The van der Waals surface area contributed by atoms with E-state index in [0.29, 0.717) is 0 Å². The Hall–Kier alpha value is 0.390. The zero-order valence-electron chi connectivity index (χ0n) is 4.55. The van der Waals surface area contributed by atoms with Crippen LogP contribution >= 0.6 is 31.9 Å². The molecule has 0 heterocycles. The molecule has 0 aliphatic carbocycles. The molecule has 0 saturated carbocycles. The fraction of sp³-hybridized carbons (Fsp3) is 0.750. The van der Waals surface area contributed by atoms with Crippen LogP contribution in [0.5, 0.6) is 0 Å². The van der Waals surface area contributed by atoms with Crippen molar-refractivity contribution >= 4 is 37.8 Å². The van der Waals surface area contributed by atoms with Gasteiger partial charge in [0.05, 0.1) is 11.4 Å². The van der Waals surface area contributed by atoms with Crippen LogP contribution in [0, 0.1) is 0 Å². The fourth-order valence-electron chi connectivity index (χ4n) is 0.271. The van der Waals surface area contributed by atoms with Crippen molar-refractivity contribution in [2.75, 3.05) is 6.61 Å². The topological polar surface area (TPSA) is 63.3 Å². The van der Waals surface area contributed by atoms with Gasteiger partial charge in [0.2, 0.25) is 5.91 Å². The van der Waals surface area contributed by atoms with Gasteiger partial charge in [-0.05, 0) is 0 Å². The normalized spacial score (nSPS) is 16.8.